The van der Waals surface area contributed by atoms with Gasteiger partial charge >= 0.3 is 0 Å². The first-order valence-corrected chi connectivity index (χ1v) is 12.4. The highest BCUT2D eigenvalue weighted by atomic mass is 16.1. The maximum Gasteiger partial charge on any atom is 0.235 e. The third-order valence-electron chi connectivity index (χ3n) is 8.52. The van der Waals surface area contributed by atoms with E-state index in [4.69, 9.17) is 0 Å². The smallest absolute Gasteiger partial charge is 0.211 e. The average molecular weight is 455 g/mol. The van der Waals surface area contributed by atoms with Crippen molar-refractivity contribution in [2.45, 2.75) is 101 Å². The van der Waals surface area contributed by atoms with E-state index in [1.165, 1.54) is 0 Å². The van der Waals surface area contributed by atoms with Gasteiger partial charge in [-0.05, 0) is 56.3 Å². The Balaban J connectivity index is 2.23. The molecule has 8 nitrogen and oxygen atoms in total. The molecule has 0 N–H and O–H groups in total. The molecule has 0 spiro atoms. The molecule has 3 aliphatic carbocycles. The van der Waals surface area contributed by atoms with Gasteiger partial charge in [0, 0.05) is 5.92 Å². The summed E-state index contributed by atoms with van der Waals surface area (Å²) in [6, 6.07) is 0. The van der Waals surface area contributed by atoms with Crippen molar-refractivity contribution in [3.05, 3.63) is 0 Å². The Labute approximate surface area is 195 Å². The number of aliphatic imine (C=N–C) groups is 4. The van der Waals surface area contributed by atoms with Crippen LogP contribution < -0.4 is 0 Å². The van der Waals surface area contributed by atoms with Crippen molar-refractivity contribution in [2.24, 2.45) is 37.2 Å². The first-order chi connectivity index (χ1) is 16.1. The van der Waals surface area contributed by atoms with Crippen molar-refractivity contribution in [3.63, 3.8) is 0 Å². The molecule has 0 heterocycles. The number of rotatable bonds is 9. The highest BCUT2D eigenvalue weighted by Gasteiger charge is 2.61. The van der Waals surface area contributed by atoms with Crippen molar-refractivity contribution >= 4 is 24.3 Å². The van der Waals surface area contributed by atoms with E-state index >= 15 is 0 Å². The Morgan fingerprint density at radius 2 is 1.21 bits per heavy atom. The van der Waals surface area contributed by atoms with Crippen LogP contribution in [0.5, 0.6) is 0 Å². The largest absolute Gasteiger partial charge is 0.235 e. The van der Waals surface area contributed by atoms with Crippen LogP contribution in [0.3, 0.4) is 0 Å². The summed E-state index contributed by atoms with van der Waals surface area (Å²) in [7, 11) is 0. The highest BCUT2D eigenvalue weighted by molar-refractivity contribution is 5.39. The molecule has 0 radical (unpaired) electrons. The average Bonchev–Trinajstić information content (AvgIpc) is 2.83. The van der Waals surface area contributed by atoms with Crippen LogP contribution in [0.1, 0.15) is 89.9 Å². The molecule has 0 saturated heterocycles. The minimum Gasteiger partial charge on any atom is -0.211 e. The van der Waals surface area contributed by atoms with Gasteiger partial charge in [-0.25, -0.2) is 29.2 Å². The van der Waals surface area contributed by atoms with E-state index in [1.54, 1.807) is 12.2 Å². The lowest BCUT2D eigenvalue weighted by molar-refractivity contribution is -0.0473. The summed E-state index contributed by atoms with van der Waals surface area (Å²) in [5, 5.41) is 0. The molecule has 3 rings (SSSR count). The van der Waals surface area contributed by atoms with Gasteiger partial charge in [-0.3, -0.25) is 0 Å². The second-order valence-electron chi connectivity index (χ2n) is 10.3. The van der Waals surface area contributed by atoms with Crippen LogP contribution in [0, 0.1) is 17.3 Å². The monoisotopic (exact) mass is 454 g/mol. The zero-order chi connectivity index (χ0) is 23.6. The summed E-state index contributed by atoms with van der Waals surface area (Å²) in [4.78, 5) is 62.6. The van der Waals surface area contributed by atoms with Crippen LogP contribution in [-0.4, -0.2) is 48.5 Å². The third-order valence-corrected chi connectivity index (χ3v) is 8.52. The summed E-state index contributed by atoms with van der Waals surface area (Å²) in [5.41, 5.74) is -1.91. The lowest BCUT2D eigenvalue weighted by Crippen LogP contribution is -2.61. The molecule has 0 amide bonds. The first kappa shape index (κ1) is 25.1. The van der Waals surface area contributed by atoms with Crippen LogP contribution in [-0.2, 0) is 19.2 Å². The summed E-state index contributed by atoms with van der Waals surface area (Å²) >= 11 is 0. The minimum absolute atomic E-state index is 0.131. The van der Waals surface area contributed by atoms with Crippen LogP contribution in [0.25, 0.3) is 0 Å². The molecule has 8 heteroatoms. The molecule has 0 bridgehead atoms. The van der Waals surface area contributed by atoms with Crippen molar-refractivity contribution in [2.75, 3.05) is 13.1 Å². The summed E-state index contributed by atoms with van der Waals surface area (Å²) in [6.07, 6.45) is 19.2. The van der Waals surface area contributed by atoms with E-state index in [1.807, 2.05) is 12.2 Å². The molecular formula is C25H34N4O4. The number of hydrogen-bond acceptors (Lipinski definition) is 8. The zero-order valence-electron chi connectivity index (χ0n) is 19.4. The van der Waals surface area contributed by atoms with Crippen LogP contribution in [0.4, 0.5) is 0 Å². The highest BCUT2D eigenvalue weighted by Crippen LogP contribution is 2.60. The molecule has 3 saturated carbocycles. The normalized spacial score (nSPS) is 29.2. The molecule has 0 aromatic carbocycles. The molecule has 3 aliphatic rings. The minimum atomic E-state index is -0.702. The van der Waals surface area contributed by atoms with E-state index in [0.717, 1.165) is 83.5 Å². The molecule has 33 heavy (non-hydrogen) atoms. The maximum absolute atomic E-state index is 11.8. The predicted molar refractivity (Wildman–Crippen MR) is 122 cm³/mol. The van der Waals surface area contributed by atoms with Crippen molar-refractivity contribution in [1.29, 1.82) is 0 Å². The molecule has 0 aromatic rings. The Bertz CT molecular complexity index is 827. The van der Waals surface area contributed by atoms with Gasteiger partial charge in [0.25, 0.3) is 0 Å². The van der Waals surface area contributed by atoms with Crippen LogP contribution in [0.15, 0.2) is 20.0 Å². The molecule has 0 aliphatic heterocycles. The van der Waals surface area contributed by atoms with Crippen molar-refractivity contribution in [3.8, 4) is 0 Å². The molecule has 2 unspecified atom stereocenters. The fourth-order valence-electron chi connectivity index (χ4n) is 7.61. The van der Waals surface area contributed by atoms with E-state index < -0.39 is 16.5 Å². The van der Waals surface area contributed by atoms with Crippen molar-refractivity contribution < 1.29 is 19.2 Å². The van der Waals surface area contributed by atoms with Gasteiger partial charge in [-0.15, -0.1) is 0 Å². The molecular weight excluding hydrogens is 420 g/mol. The third kappa shape index (κ3) is 5.37. The maximum atomic E-state index is 11.8. The summed E-state index contributed by atoms with van der Waals surface area (Å²) in [6.45, 7) is 0.616. The quantitative estimate of drug-likeness (QED) is 0.376. The second kappa shape index (κ2) is 11.6. The number of nitrogens with zero attached hydrogens (tertiary/aromatic N) is 4. The van der Waals surface area contributed by atoms with E-state index in [2.05, 4.69) is 20.0 Å². The summed E-state index contributed by atoms with van der Waals surface area (Å²) < 4.78 is 0. The van der Waals surface area contributed by atoms with Gasteiger partial charge in [-0.2, -0.15) is 9.98 Å². The number of carbonyl (C=O) groups excluding carboxylic acids is 4. The van der Waals surface area contributed by atoms with E-state index in [9.17, 15) is 19.2 Å². The fraction of sp³-hybridized carbons (Fsp3) is 0.840. The Morgan fingerprint density at radius 1 is 0.667 bits per heavy atom. The van der Waals surface area contributed by atoms with Gasteiger partial charge in [-0.1, -0.05) is 44.9 Å². The standard InChI is InChI=1S/C25H34N4O4/c30-17-26-15-21-8-7-9-23(14-21,16-27-18-31)22(24(28-19-32)10-3-1-4-11-24)25(29-20-33)12-5-2-6-13-25/h21-22H,1-16H2. The van der Waals surface area contributed by atoms with Gasteiger partial charge in [0.2, 0.25) is 24.3 Å². The SMILES string of the molecule is O=C=NCC1CCCC(CN=C=O)(C(C2(N=C=O)CCCCC2)C2(N=C=O)CCCCC2)C1. The molecule has 2 atom stereocenters. The molecule has 3 fully saturated rings. The van der Waals surface area contributed by atoms with E-state index in [0.29, 0.717) is 13.0 Å². The number of isocyanates is 4. The number of hydrogen-bond donors (Lipinski definition) is 0. The Hall–Kier alpha value is -2.48. The van der Waals surface area contributed by atoms with Gasteiger partial charge in [0.15, 0.2) is 0 Å². The van der Waals surface area contributed by atoms with Crippen LogP contribution in [0.2, 0.25) is 0 Å². The van der Waals surface area contributed by atoms with Gasteiger partial charge in [0.1, 0.15) is 0 Å². The predicted octanol–water partition coefficient (Wildman–Crippen LogP) is 4.53. The Kier molecular flexibility index (Phi) is 8.83. The second-order valence-corrected chi connectivity index (χ2v) is 10.3. The lowest BCUT2D eigenvalue weighted by atomic mass is 9.48. The lowest BCUT2D eigenvalue weighted by Gasteiger charge is -2.58. The van der Waals surface area contributed by atoms with Crippen molar-refractivity contribution in [1.82, 2.24) is 0 Å². The zero-order valence-corrected chi connectivity index (χ0v) is 19.4. The van der Waals surface area contributed by atoms with Gasteiger partial charge < -0.3 is 0 Å². The van der Waals surface area contributed by atoms with E-state index in [-0.39, 0.29) is 18.4 Å². The fourth-order valence-corrected chi connectivity index (χ4v) is 7.61. The molecule has 178 valence electrons. The van der Waals surface area contributed by atoms with Crippen LogP contribution >= 0.6 is 0 Å². The first-order valence-electron chi connectivity index (χ1n) is 12.4. The Morgan fingerprint density at radius 3 is 1.70 bits per heavy atom. The van der Waals surface area contributed by atoms with Gasteiger partial charge in [0.05, 0.1) is 24.2 Å². The topological polar surface area (TPSA) is 118 Å². The molecule has 0 aromatic heterocycles. The summed E-state index contributed by atoms with van der Waals surface area (Å²) in [5.74, 6) is -0.118.